The molecule has 0 rings (SSSR count). The highest BCUT2D eigenvalue weighted by Gasteiger charge is 2.10. The van der Waals surface area contributed by atoms with Crippen LogP contribution in [0, 0.1) is 5.41 Å². The van der Waals surface area contributed by atoms with Crippen molar-refractivity contribution in [1.29, 1.82) is 0 Å². The van der Waals surface area contributed by atoms with Crippen LogP contribution in [0.4, 0.5) is 0 Å². The molecule has 0 atom stereocenters. The van der Waals surface area contributed by atoms with E-state index in [0.29, 0.717) is 0 Å². The van der Waals surface area contributed by atoms with E-state index in [2.05, 4.69) is 6.58 Å². The summed E-state index contributed by atoms with van der Waals surface area (Å²) in [5, 5.41) is 0. The molecule has 0 radical (unpaired) electrons. The van der Waals surface area contributed by atoms with E-state index in [-0.39, 0.29) is 5.41 Å². The number of rotatable bonds is 3. The molecule has 1 heteroatoms. The van der Waals surface area contributed by atoms with Crippen LogP contribution in [0.1, 0.15) is 20.8 Å². The van der Waals surface area contributed by atoms with Crippen molar-refractivity contribution in [2.75, 3.05) is 0 Å². The Hall–Kier alpha value is -0.850. The molecule has 0 spiro atoms. The molecule has 0 aromatic carbocycles. The fourth-order valence-electron chi connectivity index (χ4n) is 0.396. The molecule has 0 aliphatic rings. The topological polar surface area (TPSA) is 17.1 Å². The summed E-state index contributed by atoms with van der Waals surface area (Å²) in [6, 6.07) is 0. The van der Waals surface area contributed by atoms with E-state index < -0.39 is 0 Å². The lowest BCUT2D eigenvalue weighted by Gasteiger charge is -2.08. The maximum absolute atomic E-state index is 10.4. The van der Waals surface area contributed by atoms with Crippen molar-refractivity contribution in [3.8, 4) is 0 Å². The Labute approximate surface area is 62.4 Å². The molecule has 0 fully saturated rings. The summed E-state index contributed by atoms with van der Waals surface area (Å²) in [6.45, 7) is 9.31. The van der Waals surface area contributed by atoms with Gasteiger partial charge >= 0.3 is 0 Å². The van der Waals surface area contributed by atoms with Crippen molar-refractivity contribution in [3.05, 3.63) is 24.3 Å². The summed E-state index contributed by atoms with van der Waals surface area (Å²) in [5.74, 6) is 0. The minimum atomic E-state index is -0.348. The van der Waals surface area contributed by atoms with Gasteiger partial charge in [0, 0.05) is 5.41 Å². The molecule has 0 amide bonds. The first-order valence-corrected chi connectivity index (χ1v) is 3.29. The van der Waals surface area contributed by atoms with E-state index in [1.165, 1.54) is 0 Å². The Kier molecular flexibility index (Phi) is 3.07. The van der Waals surface area contributed by atoms with E-state index in [1.807, 2.05) is 32.9 Å². The van der Waals surface area contributed by atoms with Crippen LogP contribution in [0.25, 0.3) is 0 Å². The van der Waals surface area contributed by atoms with Crippen LogP contribution in [0.15, 0.2) is 24.3 Å². The van der Waals surface area contributed by atoms with Gasteiger partial charge in [0.05, 0.1) is 0 Å². The van der Waals surface area contributed by atoms with Crippen LogP contribution in [0.3, 0.4) is 0 Å². The minimum Gasteiger partial charge on any atom is -0.302 e. The number of carbonyl (C=O) groups is 1. The normalized spacial score (nSPS) is 11.9. The molecule has 0 aliphatic heterocycles. The first-order chi connectivity index (χ1) is 4.48. The minimum absolute atomic E-state index is 0.348. The van der Waals surface area contributed by atoms with Crippen LogP contribution in [0.5, 0.6) is 0 Å². The predicted octanol–water partition coefficient (Wildman–Crippen LogP) is 2.34. The number of allylic oxidation sites excluding steroid dienone is 3. The second-order valence-corrected chi connectivity index (χ2v) is 3.12. The molecule has 0 saturated carbocycles. The fourth-order valence-corrected chi connectivity index (χ4v) is 0.396. The molecule has 0 aromatic rings. The molecule has 10 heavy (non-hydrogen) atoms. The molecule has 0 N–H and O–H groups in total. The quantitative estimate of drug-likeness (QED) is 0.432. The van der Waals surface area contributed by atoms with Gasteiger partial charge in [-0.2, -0.15) is 0 Å². The average molecular weight is 138 g/mol. The third-order valence-electron chi connectivity index (χ3n) is 1.10. The number of carbonyl (C=O) groups excluding carboxylic acids is 1. The van der Waals surface area contributed by atoms with Gasteiger partial charge in [0.15, 0.2) is 0 Å². The van der Waals surface area contributed by atoms with E-state index in [9.17, 15) is 4.79 Å². The summed E-state index contributed by atoms with van der Waals surface area (Å²) in [5.41, 5.74) is 0.619. The maximum atomic E-state index is 10.4. The van der Waals surface area contributed by atoms with Crippen LogP contribution in [0.2, 0.25) is 0 Å². The fraction of sp³-hybridized carbons (Fsp3) is 0.444. The van der Waals surface area contributed by atoms with Crippen LogP contribution >= 0.6 is 0 Å². The van der Waals surface area contributed by atoms with Gasteiger partial charge in [0.25, 0.3) is 0 Å². The van der Waals surface area contributed by atoms with Gasteiger partial charge in [-0.1, -0.05) is 24.3 Å². The van der Waals surface area contributed by atoms with E-state index in [1.54, 1.807) is 0 Å². The van der Waals surface area contributed by atoms with Crippen molar-refractivity contribution < 1.29 is 4.79 Å². The summed E-state index contributed by atoms with van der Waals surface area (Å²) >= 11 is 0. The van der Waals surface area contributed by atoms with Crippen molar-refractivity contribution in [3.63, 3.8) is 0 Å². The molecular formula is C9H14O. The molecule has 56 valence electrons. The molecular weight excluding hydrogens is 124 g/mol. The molecule has 0 unspecified atom stereocenters. The predicted molar refractivity (Wildman–Crippen MR) is 43.8 cm³/mol. The second kappa shape index (κ2) is 3.35. The molecule has 0 heterocycles. The van der Waals surface area contributed by atoms with Crippen molar-refractivity contribution in [1.82, 2.24) is 0 Å². The van der Waals surface area contributed by atoms with Crippen molar-refractivity contribution in [2.45, 2.75) is 20.8 Å². The van der Waals surface area contributed by atoms with Gasteiger partial charge in [-0.25, -0.2) is 0 Å². The number of hydrogen-bond donors (Lipinski definition) is 0. The molecule has 0 aromatic heterocycles. The van der Waals surface area contributed by atoms with Gasteiger partial charge in [0.1, 0.15) is 6.29 Å². The lowest BCUT2D eigenvalue weighted by Crippen LogP contribution is -2.07. The van der Waals surface area contributed by atoms with Gasteiger partial charge in [-0.3, -0.25) is 0 Å². The van der Waals surface area contributed by atoms with Gasteiger partial charge in [-0.15, -0.1) is 0 Å². The summed E-state index contributed by atoms with van der Waals surface area (Å²) in [4.78, 5) is 10.4. The van der Waals surface area contributed by atoms with Crippen LogP contribution < -0.4 is 0 Å². The molecule has 0 saturated heterocycles. The van der Waals surface area contributed by atoms with E-state index in [4.69, 9.17) is 0 Å². The zero-order chi connectivity index (χ0) is 8.20. The summed E-state index contributed by atoms with van der Waals surface area (Å²) < 4.78 is 0. The Bertz CT molecular complexity index is 164. The van der Waals surface area contributed by atoms with Crippen molar-refractivity contribution in [2.24, 2.45) is 5.41 Å². The maximum Gasteiger partial charge on any atom is 0.129 e. The first-order valence-electron chi connectivity index (χ1n) is 3.29. The first kappa shape index (κ1) is 9.15. The Morgan fingerprint density at radius 1 is 1.50 bits per heavy atom. The number of hydrogen-bond acceptors (Lipinski definition) is 1. The summed E-state index contributed by atoms with van der Waals surface area (Å²) in [7, 11) is 0. The average Bonchev–Trinajstić information content (AvgIpc) is 1.85. The lowest BCUT2D eigenvalue weighted by atomic mass is 9.95. The smallest absolute Gasteiger partial charge is 0.129 e. The highest BCUT2D eigenvalue weighted by Crippen LogP contribution is 2.13. The highest BCUT2D eigenvalue weighted by molar-refractivity contribution is 5.61. The van der Waals surface area contributed by atoms with Gasteiger partial charge in [0.2, 0.25) is 0 Å². The number of aldehydes is 1. The molecule has 0 aliphatic carbocycles. The monoisotopic (exact) mass is 138 g/mol. The van der Waals surface area contributed by atoms with Crippen LogP contribution in [-0.4, -0.2) is 6.29 Å². The SMILES string of the molecule is C=C(C)C=CC(C)(C)C=O. The summed E-state index contributed by atoms with van der Waals surface area (Å²) in [6.07, 6.45) is 4.63. The highest BCUT2D eigenvalue weighted by atomic mass is 16.1. The van der Waals surface area contributed by atoms with Gasteiger partial charge < -0.3 is 4.79 Å². The Morgan fingerprint density at radius 2 is 2.00 bits per heavy atom. The molecule has 0 bridgehead atoms. The third-order valence-corrected chi connectivity index (χ3v) is 1.10. The van der Waals surface area contributed by atoms with Gasteiger partial charge in [-0.05, 0) is 20.8 Å². The van der Waals surface area contributed by atoms with Crippen molar-refractivity contribution >= 4 is 6.29 Å². The largest absolute Gasteiger partial charge is 0.302 e. The zero-order valence-electron chi connectivity index (χ0n) is 6.85. The third kappa shape index (κ3) is 4.07. The molecule has 1 nitrogen and oxygen atoms in total. The van der Waals surface area contributed by atoms with Crippen LogP contribution in [-0.2, 0) is 4.79 Å². The van der Waals surface area contributed by atoms with E-state index >= 15 is 0 Å². The second-order valence-electron chi connectivity index (χ2n) is 3.12. The standard InChI is InChI=1S/C9H14O/c1-8(2)5-6-9(3,4)7-10/h5-7H,1H2,2-4H3. The van der Waals surface area contributed by atoms with E-state index in [0.717, 1.165) is 11.9 Å². The zero-order valence-corrected chi connectivity index (χ0v) is 6.85. The Morgan fingerprint density at radius 3 is 2.30 bits per heavy atom. The Balaban J connectivity index is 4.12. The lowest BCUT2D eigenvalue weighted by molar-refractivity contribution is -0.112.